The maximum atomic E-state index is 4.28. The maximum absolute atomic E-state index is 4.28. The highest BCUT2D eigenvalue weighted by molar-refractivity contribution is 5.62. The molecule has 0 radical (unpaired) electrons. The van der Waals surface area contributed by atoms with Gasteiger partial charge in [-0.15, -0.1) is 10.2 Å². The van der Waals surface area contributed by atoms with Gasteiger partial charge in [0.1, 0.15) is 6.33 Å². The molecule has 0 saturated heterocycles. The zero-order valence-corrected chi connectivity index (χ0v) is 10.8. The normalized spacial score (nSPS) is 10.6. The van der Waals surface area contributed by atoms with E-state index in [0.29, 0.717) is 0 Å². The Hall–Kier alpha value is -2.42. The van der Waals surface area contributed by atoms with Crippen LogP contribution in [-0.4, -0.2) is 14.8 Å². The second-order valence-corrected chi connectivity index (χ2v) is 4.37. The van der Waals surface area contributed by atoms with Gasteiger partial charge in [-0.3, -0.25) is 4.57 Å². The number of nitrogens with zero attached hydrogens (tertiary/aromatic N) is 3. The van der Waals surface area contributed by atoms with E-state index in [1.165, 1.54) is 5.56 Å². The number of hydrogen-bond donors (Lipinski definition) is 0. The highest BCUT2D eigenvalue weighted by Gasteiger charge is 2.11. The first kappa shape index (κ1) is 11.7. The lowest BCUT2D eigenvalue weighted by Crippen LogP contribution is -1.98. The zero-order chi connectivity index (χ0) is 13.1. The van der Waals surface area contributed by atoms with Crippen molar-refractivity contribution in [2.75, 3.05) is 0 Å². The predicted molar refractivity (Wildman–Crippen MR) is 76.2 cm³/mol. The van der Waals surface area contributed by atoms with Crippen molar-refractivity contribution in [3.63, 3.8) is 0 Å². The first-order chi connectivity index (χ1) is 9.40. The van der Waals surface area contributed by atoms with E-state index in [1.54, 1.807) is 6.33 Å². The molecule has 3 heteroatoms. The Labute approximate surface area is 112 Å². The Bertz CT molecular complexity index is 671. The van der Waals surface area contributed by atoms with Crippen molar-refractivity contribution in [2.24, 2.45) is 0 Å². The van der Waals surface area contributed by atoms with Crippen LogP contribution in [-0.2, 0) is 6.42 Å². The highest BCUT2D eigenvalue weighted by Crippen LogP contribution is 2.24. The van der Waals surface area contributed by atoms with Crippen molar-refractivity contribution in [3.8, 4) is 17.1 Å². The minimum Gasteiger partial charge on any atom is -0.282 e. The Balaban J connectivity index is 2.15. The van der Waals surface area contributed by atoms with Crippen molar-refractivity contribution in [1.82, 2.24) is 14.8 Å². The van der Waals surface area contributed by atoms with Crippen LogP contribution in [0.5, 0.6) is 0 Å². The third kappa shape index (κ3) is 2.15. The van der Waals surface area contributed by atoms with Crippen LogP contribution in [0.2, 0.25) is 0 Å². The lowest BCUT2D eigenvalue weighted by molar-refractivity contribution is 1.05. The zero-order valence-electron chi connectivity index (χ0n) is 10.8. The van der Waals surface area contributed by atoms with E-state index >= 15 is 0 Å². The van der Waals surface area contributed by atoms with Crippen LogP contribution in [0.4, 0.5) is 0 Å². The second kappa shape index (κ2) is 5.06. The molecule has 0 bridgehead atoms. The van der Waals surface area contributed by atoms with Crippen molar-refractivity contribution in [1.29, 1.82) is 0 Å². The minimum absolute atomic E-state index is 0.892. The van der Waals surface area contributed by atoms with Gasteiger partial charge < -0.3 is 0 Å². The fraction of sp³-hybridized carbons (Fsp3) is 0.125. The predicted octanol–water partition coefficient (Wildman–Crippen LogP) is 3.50. The number of hydrogen-bond acceptors (Lipinski definition) is 2. The van der Waals surface area contributed by atoms with Gasteiger partial charge >= 0.3 is 0 Å². The molecule has 94 valence electrons. The SMILES string of the molecule is CCc1ccccc1-c1nncn1-c1ccccc1. The molecule has 1 aromatic heterocycles. The van der Waals surface area contributed by atoms with Gasteiger partial charge in [-0.05, 0) is 24.1 Å². The standard InChI is InChI=1S/C16H15N3/c1-2-13-8-6-7-11-15(13)16-18-17-12-19(16)14-9-4-3-5-10-14/h3-12H,2H2,1H3. The molecule has 0 fully saturated rings. The van der Waals surface area contributed by atoms with E-state index in [0.717, 1.165) is 23.5 Å². The Kier molecular flexibility index (Phi) is 3.11. The maximum Gasteiger partial charge on any atom is 0.168 e. The summed E-state index contributed by atoms with van der Waals surface area (Å²) in [4.78, 5) is 0. The van der Waals surface area contributed by atoms with Crippen LogP contribution < -0.4 is 0 Å². The third-order valence-corrected chi connectivity index (χ3v) is 3.22. The molecule has 3 aromatic rings. The molecule has 0 N–H and O–H groups in total. The molecule has 19 heavy (non-hydrogen) atoms. The topological polar surface area (TPSA) is 30.7 Å². The molecule has 3 rings (SSSR count). The fourth-order valence-electron chi connectivity index (χ4n) is 2.24. The smallest absolute Gasteiger partial charge is 0.168 e. The fourth-order valence-corrected chi connectivity index (χ4v) is 2.24. The van der Waals surface area contributed by atoms with Gasteiger partial charge in [0.2, 0.25) is 0 Å². The molecular weight excluding hydrogens is 234 g/mol. The molecule has 0 unspecified atom stereocenters. The number of aromatic nitrogens is 3. The van der Waals surface area contributed by atoms with Crippen LogP contribution in [0.1, 0.15) is 12.5 Å². The number of aryl methyl sites for hydroxylation is 1. The van der Waals surface area contributed by atoms with Crippen molar-refractivity contribution in [2.45, 2.75) is 13.3 Å². The molecule has 0 atom stereocenters. The van der Waals surface area contributed by atoms with E-state index < -0.39 is 0 Å². The molecule has 0 aliphatic heterocycles. The Morgan fingerprint density at radius 3 is 2.47 bits per heavy atom. The van der Waals surface area contributed by atoms with Gasteiger partial charge in [0, 0.05) is 11.3 Å². The lowest BCUT2D eigenvalue weighted by Gasteiger charge is -2.09. The van der Waals surface area contributed by atoms with E-state index in [2.05, 4.69) is 47.5 Å². The molecule has 0 amide bonds. The number of rotatable bonds is 3. The van der Waals surface area contributed by atoms with Gasteiger partial charge in [-0.2, -0.15) is 0 Å². The van der Waals surface area contributed by atoms with Gasteiger partial charge in [0.15, 0.2) is 5.82 Å². The van der Waals surface area contributed by atoms with Crippen molar-refractivity contribution >= 4 is 0 Å². The first-order valence-electron chi connectivity index (χ1n) is 6.44. The summed E-state index contributed by atoms with van der Waals surface area (Å²) in [6, 6.07) is 18.5. The summed E-state index contributed by atoms with van der Waals surface area (Å²) in [7, 11) is 0. The largest absolute Gasteiger partial charge is 0.282 e. The molecular formula is C16H15N3. The van der Waals surface area contributed by atoms with Gasteiger partial charge in [0.25, 0.3) is 0 Å². The summed E-state index contributed by atoms with van der Waals surface area (Å²) in [5.74, 6) is 0.892. The molecule has 1 heterocycles. The summed E-state index contributed by atoms with van der Waals surface area (Å²) in [6.45, 7) is 2.15. The third-order valence-electron chi connectivity index (χ3n) is 3.22. The Morgan fingerprint density at radius 1 is 0.947 bits per heavy atom. The van der Waals surface area contributed by atoms with Crippen molar-refractivity contribution in [3.05, 3.63) is 66.5 Å². The van der Waals surface area contributed by atoms with E-state index in [4.69, 9.17) is 0 Å². The summed E-state index contributed by atoms with van der Waals surface area (Å²) < 4.78 is 2.02. The molecule has 3 nitrogen and oxygen atoms in total. The van der Waals surface area contributed by atoms with E-state index in [1.807, 2.05) is 28.8 Å². The summed E-state index contributed by atoms with van der Waals surface area (Å²) >= 11 is 0. The average Bonchev–Trinajstić information content (AvgIpc) is 2.97. The monoisotopic (exact) mass is 249 g/mol. The molecule has 0 aliphatic rings. The summed E-state index contributed by atoms with van der Waals surface area (Å²) in [6.07, 6.45) is 2.74. The van der Waals surface area contributed by atoms with E-state index in [9.17, 15) is 0 Å². The average molecular weight is 249 g/mol. The quantitative estimate of drug-likeness (QED) is 0.711. The second-order valence-electron chi connectivity index (χ2n) is 4.37. The van der Waals surface area contributed by atoms with Crippen LogP contribution >= 0.6 is 0 Å². The van der Waals surface area contributed by atoms with Crippen LogP contribution in [0.15, 0.2) is 60.9 Å². The minimum atomic E-state index is 0.892. The highest BCUT2D eigenvalue weighted by atomic mass is 15.3. The molecule has 2 aromatic carbocycles. The molecule has 0 saturated carbocycles. The Morgan fingerprint density at radius 2 is 1.68 bits per heavy atom. The summed E-state index contributed by atoms with van der Waals surface area (Å²) in [5.41, 5.74) is 3.51. The van der Waals surface area contributed by atoms with Crippen molar-refractivity contribution < 1.29 is 0 Å². The van der Waals surface area contributed by atoms with Crippen LogP contribution in [0.3, 0.4) is 0 Å². The molecule has 0 aliphatic carbocycles. The first-order valence-corrected chi connectivity index (χ1v) is 6.44. The number of benzene rings is 2. The van der Waals surface area contributed by atoms with Gasteiger partial charge in [-0.1, -0.05) is 49.4 Å². The van der Waals surface area contributed by atoms with Crippen LogP contribution in [0.25, 0.3) is 17.1 Å². The number of para-hydroxylation sites is 1. The lowest BCUT2D eigenvalue weighted by atomic mass is 10.0. The van der Waals surface area contributed by atoms with Gasteiger partial charge in [0.05, 0.1) is 0 Å². The van der Waals surface area contributed by atoms with Crippen LogP contribution in [0, 0.1) is 0 Å². The van der Waals surface area contributed by atoms with Gasteiger partial charge in [-0.25, -0.2) is 0 Å². The summed E-state index contributed by atoms with van der Waals surface area (Å²) in [5, 5.41) is 8.35. The molecule has 0 spiro atoms. The van der Waals surface area contributed by atoms with E-state index in [-0.39, 0.29) is 0 Å².